The maximum absolute atomic E-state index is 14.3. The van der Waals surface area contributed by atoms with E-state index in [-0.39, 0.29) is 49.9 Å². The summed E-state index contributed by atoms with van der Waals surface area (Å²) >= 11 is 0. The van der Waals surface area contributed by atoms with Gasteiger partial charge in [0.2, 0.25) is 0 Å². The first-order valence-electron chi connectivity index (χ1n) is 23.8. The highest BCUT2D eigenvalue weighted by molar-refractivity contribution is 7.85. The highest BCUT2D eigenvalue weighted by Crippen LogP contribution is 2.39. The number of hydrogen-bond acceptors (Lipinski definition) is 15. The number of hydrogen-bond donors (Lipinski definition) is 2. The minimum absolute atomic E-state index is 0. The van der Waals surface area contributed by atoms with E-state index in [1.54, 1.807) is 48.8 Å². The van der Waals surface area contributed by atoms with Crippen LogP contribution in [0.1, 0.15) is 128 Å². The lowest BCUT2D eigenvalue weighted by atomic mass is 9.96. The Bertz CT molecular complexity index is 2870. The van der Waals surface area contributed by atoms with Gasteiger partial charge in [0.1, 0.15) is 34.4 Å². The van der Waals surface area contributed by atoms with Gasteiger partial charge in [-0.2, -0.15) is 18.6 Å². The van der Waals surface area contributed by atoms with E-state index in [0.29, 0.717) is 54.3 Å². The van der Waals surface area contributed by atoms with Crippen molar-refractivity contribution in [2.75, 3.05) is 55.5 Å². The lowest BCUT2D eigenvalue weighted by Gasteiger charge is -2.28. The summed E-state index contributed by atoms with van der Waals surface area (Å²) in [6.07, 6.45) is 17.3. The van der Waals surface area contributed by atoms with Gasteiger partial charge < -0.3 is 30.3 Å². The van der Waals surface area contributed by atoms with E-state index in [4.69, 9.17) is 24.4 Å². The molecular formula is C50H64F2N10O7S. The van der Waals surface area contributed by atoms with Gasteiger partial charge in [-0.25, -0.2) is 37.4 Å². The second-order valence-corrected chi connectivity index (χ2v) is 19.3. The van der Waals surface area contributed by atoms with E-state index in [1.807, 2.05) is 18.3 Å². The van der Waals surface area contributed by atoms with Crippen molar-refractivity contribution < 1.29 is 40.4 Å². The summed E-state index contributed by atoms with van der Waals surface area (Å²) in [5.41, 5.74) is 10.5. The predicted octanol–water partition coefficient (Wildman–Crippen LogP) is 7.33. The molecule has 0 spiro atoms. The molecule has 2 saturated heterocycles. The van der Waals surface area contributed by atoms with Gasteiger partial charge in [-0.05, 0) is 143 Å². The second-order valence-electron chi connectivity index (χ2n) is 17.6. The van der Waals surface area contributed by atoms with Gasteiger partial charge >= 0.3 is 11.9 Å². The van der Waals surface area contributed by atoms with Gasteiger partial charge in [-0.15, -0.1) is 0 Å². The molecule has 2 aromatic carbocycles. The molecule has 2 saturated carbocycles. The van der Waals surface area contributed by atoms with Crippen molar-refractivity contribution in [1.29, 1.82) is 0 Å². The molecule has 0 bridgehead atoms. The maximum Gasteiger partial charge on any atom is 0.343 e. The largest absolute Gasteiger partial charge is 0.462 e. The van der Waals surface area contributed by atoms with Crippen LogP contribution in [0.5, 0.6) is 0 Å². The Morgan fingerprint density at radius 3 is 1.63 bits per heavy atom. The molecule has 6 aromatic rings. The molecule has 2 aliphatic carbocycles. The average molecular weight is 987 g/mol. The van der Waals surface area contributed by atoms with Gasteiger partial charge in [0, 0.05) is 37.6 Å². The number of nitrogens with one attached hydrogen (secondary N) is 1. The number of halogens is 2. The molecule has 2 aliphatic heterocycles. The second kappa shape index (κ2) is 23.2. The molecule has 3 N–H and O–H groups in total. The highest BCUT2D eigenvalue weighted by Gasteiger charge is 2.32. The van der Waals surface area contributed by atoms with Crippen LogP contribution in [0, 0.1) is 11.6 Å². The number of ether oxygens (including phenoxy) is 2. The van der Waals surface area contributed by atoms with E-state index in [1.165, 1.54) is 60.3 Å². The van der Waals surface area contributed by atoms with Gasteiger partial charge in [0.15, 0.2) is 11.3 Å². The van der Waals surface area contributed by atoms with E-state index in [9.17, 15) is 26.8 Å². The van der Waals surface area contributed by atoms with Crippen molar-refractivity contribution in [3.05, 3.63) is 118 Å². The van der Waals surface area contributed by atoms with Crippen LogP contribution in [0.15, 0.2) is 73.3 Å². The third kappa shape index (κ3) is 13.0. The number of anilines is 2. The zero-order chi connectivity index (χ0) is 48.7. The third-order valence-corrected chi connectivity index (χ3v) is 13.0. The molecule has 0 unspecified atom stereocenters. The predicted molar refractivity (Wildman–Crippen MR) is 262 cm³/mol. The summed E-state index contributed by atoms with van der Waals surface area (Å²) in [7, 11) is -3.56. The van der Waals surface area contributed by atoms with Crippen molar-refractivity contribution in [3.8, 4) is 0 Å². The summed E-state index contributed by atoms with van der Waals surface area (Å²) in [6, 6.07) is 14.5. The molecule has 10 rings (SSSR count). The third-order valence-electron chi connectivity index (χ3n) is 12.4. The summed E-state index contributed by atoms with van der Waals surface area (Å²) in [5.74, 6) is -0.104. The van der Waals surface area contributed by atoms with Crippen LogP contribution in [-0.2, 0) is 36.6 Å². The minimum atomic E-state index is -3.56. The summed E-state index contributed by atoms with van der Waals surface area (Å²) in [5, 5.41) is 11.9. The first-order chi connectivity index (χ1) is 33.3. The van der Waals surface area contributed by atoms with Crippen molar-refractivity contribution in [1.82, 2.24) is 34.5 Å². The maximum atomic E-state index is 14.3. The molecule has 4 fully saturated rings. The minimum Gasteiger partial charge on any atom is -0.462 e. The first kappa shape index (κ1) is 51.8. The average Bonchev–Trinajstić information content (AvgIpc) is 4.00. The van der Waals surface area contributed by atoms with E-state index < -0.39 is 22.1 Å². The fraction of sp³-hybridized carbons (Fsp3) is 0.480. The number of esters is 2. The number of benzene rings is 2. The summed E-state index contributed by atoms with van der Waals surface area (Å²) in [4.78, 5) is 38.3. The monoisotopic (exact) mass is 986 g/mol. The van der Waals surface area contributed by atoms with E-state index >= 15 is 0 Å². The van der Waals surface area contributed by atoms with Crippen molar-refractivity contribution >= 4 is 45.0 Å². The molecule has 70 heavy (non-hydrogen) atoms. The van der Waals surface area contributed by atoms with Crippen LogP contribution in [0.2, 0.25) is 0 Å². The molecule has 6 heterocycles. The Morgan fingerprint density at radius 1 is 0.729 bits per heavy atom. The Balaban J connectivity index is 0.000000188. The molecule has 0 radical (unpaired) electrons. The molecular weight excluding hydrogens is 923 g/mol. The zero-order valence-corrected chi connectivity index (χ0v) is 40.0. The summed E-state index contributed by atoms with van der Waals surface area (Å²) < 4.78 is 69.3. The van der Waals surface area contributed by atoms with E-state index in [0.717, 1.165) is 74.0 Å². The number of aromatic nitrogens is 6. The fourth-order valence-corrected chi connectivity index (χ4v) is 9.16. The van der Waals surface area contributed by atoms with Gasteiger partial charge in [-0.1, -0.05) is 19.6 Å². The van der Waals surface area contributed by atoms with Crippen LogP contribution in [0.4, 0.5) is 20.4 Å². The lowest BCUT2D eigenvalue weighted by Crippen LogP contribution is -2.26. The fourth-order valence-electron chi connectivity index (χ4n) is 8.78. The van der Waals surface area contributed by atoms with Crippen LogP contribution in [0.3, 0.4) is 0 Å². The quantitative estimate of drug-likeness (QED) is 0.0721. The number of rotatable bonds is 16. The Hall–Kier alpha value is -6.09. The number of carbonyl (C=O) groups excluding carboxylic acids is 2. The Kier molecular flexibility index (Phi) is 17.2. The number of nitrogens with zero attached hydrogens (tertiary/aromatic N) is 8. The van der Waals surface area contributed by atoms with Crippen LogP contribution >= 0.6 is 0 Å². The van der Waals surface area contributed by atoms with Gasteiger partial charge in [-0.3, -0.25) is 4.18 Å². The SMILES string of the molecule is C.CCOC(=O)c1cnn2ccc(N3CCC[C@@H]3c3cc(F)ccc3CCNC3CC3)nc12.CCOC(=O)c1cnn2ccc(N3CCC[C@@H]3c3cc(F)ccc3CCOS(C)(=O)=O)nc12.NC1CC1. The Morgan fingerprint density at radius 2 is 1.20 bits per heavy atom. The molecule has 4 aliphatic rings. The standard InChI is InChI=1S/C24H28FN5O2.C22H25FN4O5S.C3H7N.CH4/c1-2-32-24(31)20-15-27-30-13-10-22(28-23(20)30)29-12-3-4-21(29)19-14-17(25)6-5-16(19)9-11-26-18-7-8-18;1-3-31-22(28)18-14-24-27-11-8-20(25-21(18)27)26-10-4-5-19(26)17-13-16(23)7-6-15(17)9-12-32-33(2,29)30;4-3-1-2-3;/h5-6,10,13-15,18,21,26H,2-4,7-9,11-12H2,1H3;6-8,11,13-14,19H,3-5,9-10,12H2,1-2H3;3H,1-2,4H2;1H4/t21-;19-;;/m11../s1. The van der Waals surface area contributed by atoms with Crippen molar-refractivity contribution in [3.63, 3.8) is 0 Å². The normalized spacial score (nSPS) is 17.7. The van der Waals surface area contributed by atoms with Crippen LogP contribution in [0.25, 0.3) is 11.3 Å². The van der Waals surface area contributed by atoms with Crippen LogP contribution < -0.4 is 20.9 Å². The van der Waals surface area contributed by atoms with Crippen LogP contribution in [-0.4, -0.2) is 107 Å². The highest BCUT2D eigenvalue weighted by atomic mass is 32.2. The molecule has 4 aromatic heterocycles. The number of fused-ring (bicyclic) bond motifs is 2. The number of nitrogens with two attached hydrogens (primary N) is 1. The van der Waals surface area contributed by atoms with E-state index in [2.05, 4.69) is 30.3 Å². The first-order valence-corrected chi connectivity index (χ1v) is 25.6. The Labute approximate surface area is 407 Å². The topological polar surface area (TPSA) is 201 Å². The zero-order valence-electron chi connectivity index (χ0n) is 39.2. The van der Waals surface area contributed by atoms with Gasteiger partial charge in [0.25, 0.3) is 10.1 Å². The molecule has 376 valence electrons. The van der Waals surface area contributed by atoms with Gasteiger partial charge in [0.05, 0.1) is 50.6 Å². The van der Waals surface area contributed by atoms with Crippen molar-refractivity contribution in [2.24, 2.45) is 5.73 Å². The molecule has 0 amide bonds. The molecule has 2 atom stereocenters. The number of carbonyl (C=O) groups is 2. The summed E-state index contributed by atoms with van der Waals surface area (Å²) in [6.45, 7) is 6.45. The van der Waals surface area contributed by atoms with Crippen molar-refractivity contribution in [2.45, 2.75) is 110 Å². The molecule has 20 heteroatoms. The lowest BCUT2D eigenvalue weighted by molar-refractivity contribution is 0.0518. The smallest absolute Gasteiger partial charge is 0.343 e. The molecule has 17 nitrogen and oxygen atoms in total.